The zero-order valence-corrected chi connectivity index (χ0v) is 19.3. The van der Waals surface area contributed by atoms with Gasteiger partial charge < -0.3 is 10.2 Å². The maximum Gasteiger partial charge on any atom is 0.133 e. The van der Waals surface area contributed by atoms with Crippen molar-refractivity contribution in [2.75, 3.05) is 0 Å². The van der Waals surface area contributed by atoms with Gasteiger partial charge in [0.2, 0.25) is 0 Å². The molecule has 0 aromatic heterocycles. The van der Waals surface area contributed by atoms with Gasteiger partial charge >= 0.3 is 0 Å². The number of aromatic hydroxyl groups is 2. The Kier molecular flexibility index (Phi) is 5.69. The molecule has 0 saturated heterocycles. The first-order valence-corrected chi connectivity index (χ1v) is 10.3. The van der Waals surface area contributed by atoms with E-state index in [4.69, 9.17) is 0 Å². The molecule has 0 heterocycles. The number of rotatable bonds is 2. The third-order valence-electron chi connectivity index (χ3n) is 5.29. The normalized spacial score (nSPS) is 12.5. The first-order chi connectivity index (χ1) is 12.2. The third-order valence-corrected chi connectivity index (χ3v) is 6.35. The van der Waals surface area contributed by atoms with E-state index in [2.05, 4.69) is 69.2 Å². The van der Waals surface area contributed by atoms with Crippen LogP contribution in [0.15, 0.2) is 21.9 Å². The van der Waals surface area contributed by atoms with Crippen molar-refractivity contribution in [2.45, 2.75) is 89.9 Å². The molecule has 0 unspecified atom stereocenters. The van der Waals surface area contributed by atoms with Gasteiger partial charge in [0, 0.05) is 11.1 Å². The number of aryl methyl sites for hydroxylation is 2. The number of hydrogen-bond acceptors (Lipinski definition) is 3. The summed E-state index contributed by atoms with van der Waals surface area (Å²) in [5.74, 6) is 0.649. The van der Waals surface area contributed by atoms with Crippen molar-refractivity contribution in [3.05, 3.63) is 45.5 Å². The molecule has 0 saturated carbocycles. The van der Waals surface area contributed by atoms with E-state index in [9.17, 15) is 10.2 Å². The number of hydrogen-bond donors (Lipinski definition) is 2. The maximum absolute atomic E-state index is 11.0. The lowest BCUT2D eigenvalue weighted by atomic mass is 9.82. The van der Waals surface area contributed by atoms with Crippen LogP contribution >= 0.6 is 11.8 Å². The molecule has 2 nitrogen and oxygen atoms in total. The van der Waals surface area contributed by atoms with Crippen LogP contribution in [-0.2, 0) is 10.8 Å². The minimum atomic E-state index is -0.155. The Morgan fingerprint density at radius 3 is 1.19 bits per heavy atom. The van der Waals surface area contributed by atoms with Crippen LogP contribution in [0.25, 0.3) is 0 Å². The number of benzene rings is 2. The van der Waals surface area contributed by atoms with Crippen LogP contribution in [0.3, 0.4) is 0 Å². The highest BCUT2D eigenvalue weighted by atomic mass is 32.2. The summed E-state index contributed by atoms with van der Waals surface area (Å²) in [5.41, 5.74) is 6.20. The summed E-state index contributed by atoms with van der Waals surface area (Å²) < 4.78 is 0. The fraction of sp³-hybridized carbons (Fsp3) is 0.500. The topological polar surface area (TPSA) is 40.5 Å². The zero-order valence-electron chi connectivity index (χ0n) is 18.5. The Balaban J connectivity index is 2.69. The van der Waals surface area contributed by atoms with E-state index in [0.29, 0.717) is 11.5 Å². The molecule has 27 heavy (non-hydrogen) atoms. The molecule has 0 aliphatic rings. The molecule has 2 aromatic carbocycles. The summed E-state index contributed by atoms with van der Waals surface area (Å²) in [7, 11) is 0. The Hall–Kier alpha value is -1.61. The average Bonchev–Trinajstić information content (AvgIpc) is 2.47. The van der Waals surface area contributed by atoms with Gasteiger partial charge in [-0.25, -0.2) is 0 Å². The molecule has 2 rings (SSSR count). The van der Waals surface area contributed by atoms with Gasteiger partial charge in [-0.05, 0) is 72.9 Å². The van der Waals surface area contributed by atoms with Gasteiger partial charge in [0.1, 0.15) is 11.5 Å². The molecule has 0 spiro atoms. The van der Waals surface area contributed by atoms with E-state index in [1.807, 2.05) is 12.1 Å². The van der Waals surface area contributed by atoms with Gasteiger partial charge in [-0.2, -0.15) is 0 Å². The molecule has 148 valence electrons. The smallest absolute Gasteiger partial charge is 0.133 e. The van der Waals surface area contributed by atoms with Crippen molar-refractivity contribution in [2.24, 2.45) is 0 Å². The lowest BCUT2D eigenvalue weighted by Gasteiger charge is -2.27. The first kappa shape index (κ1) is 21.7. The molecule has 2 aromatic rings. The van der Waals surface area contributed by atoms with Crippen molar-refractivity contribution in [3.8, 4) is 11.5 Å². The monoisotopic (exact) mass is 386 g/mol. The minimum Gasteiger partial charge on any atom is -0.506 e. The summed E-state index contributed by atoms with van der Waals surface area (Å²) in [6, 6.07) is 4.05. The van der Waals surface area contributed by atoms with Crippen molar-refractivity contribution in [1.29, 1.82) is 0 Å². The summed E-state index contributed by atoms with van der Waals surface area (Å²) in [6.07, 6.45) is 0. The lowest BCUT2D eigenvalue weighted by molar-refractivity contribution is 0.430. The largest absolute Gasteiger partial charge is 0.506 e. The molecular weight excluding hydrogens is 352 g/mol. The minimum absolute atomic E-state index is 0.155. The SMILES string of the molecule is Cc1cc(Sc2cc(C)c(C)c(C(C)(C)C)c2O)c(O)c(C(C)(C)C)c1C. The highest BCUT2D eigenvalue weighted by Crippen LogP contribution is 2.48. The predicted octanol–water partition coefficient (Wildman–Crippen LogP) is 7.08. The van der Waals surface area contributed by atoms with Gasteiger partial charge in [0.25, 0.3) is 0 Å². The number of phenols is 2. The molecular formula is C24H34O2S. The summed E-state index contributed by atoms with van der Waals surface area (Å²) >= 11 is 1.45. The average molecular weight is 387 g/mol. The maximum atomic E-state index is 11.0. The van der Waals surface area contributed by atoms with E-state index in [0.717, 1.165) is 43.2 Å². The van der Waals surface area contributed by atoms with Crippen molar-refractivity contribution >= 4 is 11.8 Å². The van der Waals surface area contributed by atoms with Gasteiger partial charge in [-0.15, -0.1) is 0 Å². The van der Waals surface area contributed by atoms with Crippen LogP contribution in [0.5, 0.6) is 11.5 Å². The molecule has 2 N–H and O–H groups in total. The second-order valence-electron chi connectivity index (χ2n) is 9.68. The van der Waals surface area contributed by atoms with Crippen LogP contribution in [0.4, 0.5) is 0 Å². The van der Waals surface area contributed by atoms with E-state index in [1.165, 1.54) is 11.8 Å². The van der Waals surface area contributed by atoms with Gasteiger partial charge in [0.15, 0.2) is 0 Å². The Bertz CT molecular complexity index is 808. The van der Waals surface area contributed by atoms with Crippen molar-refractivity contribution < 1.29 is 10.2 Å². The van der Waals surface area contributed by atoms with Crippen LogP contribution in [0.2, 0.25) is 0 Å². The fourth-order valence-electron chi connectivity index (χ4n) is 3.85. The number of phenolic OH excluding ortho intramolecular Hbond substituents is 2. The highest BCUT2D eigenvalue weighted by Gasteiger charge is 2.27. The Morgan fingerprint density at radius 2 is 0.926 bits per heavy atom. The van der Waals surface area contributed by atoms with Crippen molar-refractivity contribution in [3.63, 3.8) is 0 Å². The summed E-state index contributed by atoms with van der Waals surface area (Å²) in [4.78, 5) is 1.59. The third kappa shape index (κ3) is 4.13. The Morgan fingerprint density at radius 1 is 0.630 bits per heavy atom. The molecule has 0 aliphatic heterocycles. The predicted molar refractivity (Wildman–Crippen MR) is 117 cm³/mol. The van der Waals surface area contributed by atoms with Crippen LogP contribution < -0.4 is 0 Å². The summed E-state index contributed by atoms with van der Waals surface area (Å²) in [6.45, 7) is 21.0. The van der Waals surface area contributed by atoms with Crippen LogP contribution in [-0.4, -0.2) is 10.2 Å². The van der Waals surface area contributed by atoms with E-state index in [1.54, 1.807) is 0 Å². The molecule has 0 bridgehead atoms. The molecule has 0 radical (unpaired) electrons. The van der Waals surface area contributed by atoms with Crippen LogP contribution in [0, 0.1) is 27.7 Å². The van der Waals surface area contributed by atoms with Gasteiger partial charge in [-0.1, -0.05) is 53.3 Å². The summed E-state index contributed by atoms with van der Waals surface area (Å²) in [5, 5.41) is 22.1. The van der Waals surface area contributed by atoms with Crippen molar-refractivity contribution in [1.82, 2.24) is 0 Å². The lowest BCUT2D eigenvalue weighted by Crippen LogP contribution is -2.15. The molecule has 0 amide bonds. The fourth-order valence-corrected chi connectivity index (χ4v) is 4.96. The second kappa shape index (κ2) is 7.09. The van der Waals surface area contributed by atoms with Gasteiger partial charge in [-0.3, -0.25) is 0 Å². The standard InChI is InChI=1S/C24H34O2S/c1-13-11-17(21(25)19(15(13)3)23(5,6)7)27-18-12-14(2)16(4)20(22(18)26)24(8,9)10/h11-12,25-26H,1-10H3. The molecule has 0 fully saturated rings. The molecule has 0 aliphatic carbocycles. The van der Waals surface area contributed by atoms with Gasteiger partial charge in [0.05, 0.1) is 9.79 Å². The van der Waals surface area contributed by atoms with E-state index in [-0.39, 0.29) is 10.8 Å². The molecule has 0 atom stereocenters. The quantitative estimate of drug-likeness (QED) is 0.579. The van der Waals surface area contributed by atoms with Crippen LogP contribution in [0.1, 0.15) is 74.9 Å². The van der Waals surface area contributed by atoms with E-state index >= 15 is 0 Å². The zero-order chi connectivity index (χ0) is 20.9. The van der Waals surface area contributed by atoms with E-state index < -0.39 is 0 Å². The molecule has 3 heteroatoms. The second-order valence-corrected chi connectivity index (χ2v) is 10.8. The highest BCUT2D eigenvalue weighted by molar-refractivity contribution is 7.99. The first-order valence-electron chi connectivity index (χ1n) is 9.51. The Labute approximate surface area is 169 Å².